The van der Waals surface area contributed by atoms with Gasteiger partial charge in [0.05, 0.1) is 13.7 Å². The number of benzene rings is 2. The number of methoxy groups -OCH3 is 1. The Morgan fingerprint density at radius 1 is 0.964 bits per heavy atom. The first-order valence-electron chi connectivity index (χ1n) is 9.78. The monoisotopic (exact) mass is 380 g/mol. The summed E-state index contributed by atoms with van der Waals surface area (Å²) >= 11 is 0. The third-order valence-corrected chi connectivity index (χ3v) is 5.27. The fourth-order valence-electron chi connectivity index (χ4n) is 3.50. The second-order valence-corrected chi connectivity index (χ2v) is 7.26. The molecule has 1 aliphatic rings. The summed E-state index contributed by atoms with van der Waals surface area (Å²) in [6, 6.07) is 15.5. The van der Waals surface area contributed by atoms with Gasteiger partial charge < -0.3 is 9.64 Å². The van der Waals surface area contributed by atoms with E-state index >= 15 is 0 Å². The topological polar surface area (TPSA) is 49.9 Å². The van der Waals surface area contributed by atoms with E-state index in [2.05, 4.69) is 4.90 Å². The maximum Gasteiger partial charge on any atom is 0.222 e. The molecule has 2 aromatic carbocycles. The molecule has 0 radical (unpaired) electrons. The highest BCUT2D eigenvalue weighted by atomic mass is 16.5. The van der Waals surface area contributed by atoms with Gasteiger partial charge in [-0.3, -0.25) is 14.5 Å². The van der Waals surface area contributed by atoms with Crippen molar-refractivity contribution in [3.8, 4) is 5.75 Å². The number of ether oxygens (including phenoxy) is 1. The lowest BCUT2D eigenvalue weighted by molar-refractivity contribution is -0.132. The van der Waals surface area contributed by atoms with Gasteiger partial charge >= 0.3 is 0 Å². The molecule has 2 aromatic rings. The molecule has 0 bridgehead atoms. The Kier molecular flexibility index (Phi) is 6.82. The van der Waals surface area contributed by atoms with Gasteiger partial charge in [0.25, 0.3) is 0 Å². The number of aryl methyl sites for hydroxylation is 2. The van der Waals surface area contributed by atoms with E-state index in [9.17, 15) is 9.59 Å². The molecule has 1 aliphatic heterocycles. The van der Waals surface area contributed by atoms with Gasteiger partial charge in [-0.15, -0.1) is 0 Å². The molecule has 1 saturated heterocycles. The van der Waals surface area contributed by atoms with Crippen LogP contribution in [-0.4, -0.2) is 61.3 Å². The van der Waals surface area contributed by atoms with Crippen LogP contribution in [-0.2, 0) is 11.2 Å². The first-order valence-corrected chi connectivity index (χ1v) is 9.78. The number of nitrogens with zero attached hydrogens (tertiary/aromatic N) is 2. The summed E-state index contributed by atoms with van der Waals surface area (Å²) in [6.45, 7) is 5.23. The highest BCUT2D eigenvalue weighted by Crippen LogP contribution is 2.19. The molecule has 0 aliphatic carbocycles. The molecule has 0 saturated carbocycles. The first kappa shape index (κ1) is 20.1. The largest absolute Gasteiger partial charge is 0.496 e. The van der Waals surface area contributed by atoms with Crippen molar-refractivity contribution in [2.24, 2.45) is 0 Å². The molecule has 5 heteroatoms. The Morgan fingerprint density at radius 2 is 1.64 bits per heavy atom. The predicted molar refractivity (Wildman–Crippen MR) is 110 cm³/mol. The van der Waals surface area contributed by atoms with Gasteiger partial charge in [0, 0.05) is 38.2 Å². The molecule has 3 rings (SSSR count). The zero-order valence-corrected chi connectivity index (χ0v) is 16.7. The van der Waals surface area contributed by atoms with Crippen LogP contribution in [0.5, 0.6) is 5.75 Å². The van der Waals surface area contributed by atoms with Gasteiger partial charge in [-0.2, -0.15) is 0 Å². The van der Waals surface area contributed by atoms with Gasteiger partial charge in [0.15, 0.2) is 5.78 Å². The highest BCUT2D eigenvalue weighted by molar-refractivity contribution is 5.97. The van der Waals surface area contributed by atoms with Crippen molar-refractivity contribution in [2.45, 2.75) is 19.8 Å². The van der Waals surface area contributed by atoms with Crippen LogP contribution >= 0.6 is 0 Å². The number of hydrogen-bond acceptors (Lipinski definition) is 4. The Hall–Kier alpha value is -2.66. The first-order chi connectivity index (χ1) is 13.6. The molecule has 0 aromatic heterocycles. The minimum absolute atomic E-state index is 0.135. The maximum absolute atomic E-state index is 12.6. The molecule has 0 spiro atoms. The van der Waals surface area contributed by atoms with Gasteiger partial charge in [-0.1, -0.05) is 48.0 Å². The molecule has 148 valence electrons. The van der Waals surface area contributed by atoms with Gasteiger partial charge in [0.2, 0.25) is 5.91 Å². The number of rotatable bonds is 7. The average molecular weight is 380 g/mol. The molecular weight excluding hydrogens is 352 g/mol. The minimum Gasteiger partial charge on any atom is -0.496 e. The number of Topliss-reactive ketones (excluding diaryl/α,β-unsaturated/α-hetero) is 1. The quantitative estimate of drug-likeness (QED) is 0.693. The fourth-order valence-corrected chi connectivity index (χ4v) is 3.50. The van der Waals surface area contributed by atoms with E-state index in [0.29, 0.717) is 32.5 Å². The van der Waals surface area contributed by atoms with E-state index < -0.39 is 0 Å². The van der Waals surface area contributed by atoms with Crippen LogP contribution in [0, 0.1) is 6.92 Å². The van der Waals surface area contributed by atoms with Crippen molar-refractivity contribution in [3.63, 3.8) is 0 Å². The molecule has 1 heterocycles. The summed E-state index contributed by atoms with van der Waals surface area (Å²) in [6.07, 6.45) is 1.15. The van der Waals surface area contributed by atoms with Crippen molar-refractivity contribution in [1.29, 1.82) is 0 Å². The van der Waals surface area contributed by atoms with E-state index in [0.717, 1.165) is 35.5 Å². The second kappa shape index (κ2) is 9.51. The fraction of sp³-hybridized carbons (Fsp3) is 0.391. The smallest absolute Gasteiger partial charge is 0.222 e. The van der Waals surface area contributed by atoms with E-state index in [1.165, 1.54) is 0 Å². The summed E-state index contributed by atoms with van der Waals surface area (Å²) in [5, 5.41) is 0. The van der Waals surface area contributed by atoms with Crippen LogP contribution < -0.4 is 4.74 Å². The molecule has 0 unspecified atom stereocenters. The van der Waals surface area contributed by atoms with Crippen LogP contribution in [0.1, 0.15) is 27.9 Å². The van der Waals surface area contributed by atoms with Crippen LogP contribution in [0.25, 0.3) is 0 Å². The number of hydrogen-bond donors (Lipinski definition) is 0. The summed E-state index contributed by atoms with van der Waals surface area (Å²) < 4.78 is 5.35. The van der Waals surface area contributed by atoms with Crippen molar-refractivity contribution >= 4 is 11.7 Å². The van der Waals surface area contributed by atoms with Crippen LogP contribution in [0.2, 0.25) is 0 Å². The number of carbonyl (C=O) groups excluding carboxylic acids is 2. The number of ketones is 1. The molecule has 5 nitrogen and oxygen atoms in total. The average Bonchev–Trinajstić information content (AvgIpc) is 2.73. The molecule has 0 atom stereocenters. The lowest BCUT2D eigenvalue weighted by atomic mass is 10.1. The van der Waals surface area contributed by atoms with Crippen LogP contribution in [0.3, 0.4) is 0 Å². The molecule has 1 amide bonds. The summed E-state index contributed by atoms with van der Waals surface area (Å²) in [4.78, 5) is 29.0. The van der Waals surface area contributed by atoms with Crippen molar-refractivity contribution in [3.05, 3.63) is 65.2 Å². The summed E-state index contributed by atoms with van der Waals surface area (Å²) in [5.41, 5.74) is 2.96. The van der Waals surface area contributed by atoms with Crippen molar-refractivity contribution in [2.75, 3.05) is 39.8 Å². The second-order valence-electron chi connectivity index (χ2n) is 7.26. The minimum atomic E-state index is 0.135. The summed E-state index contributed by atoms with van der Waals surface area (Å²) in [5.74, 6) is 1.13. The molecule has 1 fully saturated rings. The Labute approximate surface area is 166 Å². The van der Waals surface area contributed by atoms with E-state index in [-0.39, 0.29) is 11.7 Å². The standard InChI is InChI=1S/C23H28N2O3/c1-18-7-9-19(10-8-18)21(26)17-24-13-15-25(16-14-24)23(27)12-11-20-5-3-4-6-22(20)28-2/h3-10H,11-17H2,1-2H3. The molecule has 28 heavy (non-hydrogen) atoms. The SMILES string of the molecule is COc1ccccc1CCC(=O)N1CCN(CC(=O)c2ccc(C)cc2)CC1. The third-order valence-electron chi connectivity index (χ3n) is 5.27. The maximum atomic E-state index is 12.6. The predicted octanol–water partition coefficient (Wildman–Crippen LogP) is 2.96. The van der Waals surface area contributed by atoms with Crippen molar-refractivity contribution < 1.29 is 14.3 Å². The van der Waals surface area contributed by atoms with E-state index in [1.54, 1.807) is 7.11 Å². The molecular formula is C23H28N2O3. The van der Waals surface area contributed by atoms with Gasteiger partial charge in [-0.25, -0.2) is 0 Å². The lowest BCUT2D eigenvalue weighted by Crippen LogP contribution is -2.49. The highest BCUT2D eigenvalue weighted by Gasteiger charge is 2.22. The lowest BCUT2D eigenvalue weighted by Gasteiger charge is -2.34. The van der Waals surface area contributed by atoms with Gasteiger partial charge in [-0.05, 0) is 25.0 Å². The van der Waals surface area contributed by atoms with Crippen molar-refractivity contribution in [1.82, 2.24) is 9.80 Å². The van der Waals surface area contributed by atoms with E-state index in [4.69, 9.17) is 4.74 Å². The van der Waals surface area contributed by atoms with Crippen LogP contribution in [0.15, 0.2) is 48.5 Å². The Morgan fingerprint density at radius 3 is 2.32 bits per heavy atom. The number of amides is 1. The zero-order chi connectivity index (χ0) is 19.9. The van der Waals surface area contributed by atoms with Crippen LogP contribution in [0.4, 0.5) is 0 Å². The molecule has 0 N–H and O–H groups in total. The Balaban J connectivity index is 1.45. The Bertz CT molecular complexity index is 809. The number of carbonyl (C=O) groups is 2. The summed E-state index contributed by atoms with van der Waals surface area (Å²) in [7, 11) is 1.65. The van der Waals surface area contributed by atoms with Gasteiger partial charge in [0.1, 0.15) is 5.75 Å². The zero-order valence-electron chi connectivity index (χ0n) is 16.7. The number of piperazine rings is 1. The third kappa shape index (κ3) is 5.20. The van der Waals surface area contributed by atoms with E-state index in [1.807, 2.05) is 60.4 Å². The number of para-hydroxylation sites is 1. The normalized spacial score (nSPS) is 14.7.